The van der Waals surface area contributed by atoms with Crippen LogP contribution in [0, 0.1) is 5.92 Å². The Kier molecular flexibility index (Phi) is 5.19. The minimum atomic E-state index is 0.100. The lowest BCUT2D eigenvalue weighted by Gasteiger charge is -2.30. The zero-order valence-corrected chi connectivity index (χ0v) is 14.6. The molecule has 0 aliphatic carbocycles. The van der Waals surface area contributed by atoms with E-state index in [1.54, 1.807) is 0 Å². The molecule has 0 spiro atoms. The van der Waals surface area contributed by atoms with Crippen LogP contribution in [0.4, 0.5) is 11.4 Å². The van der Waals surface area contributed by atoms with Gasteiger partial charge in [0, 0.05) is 30.4 Å². The summed E-state index contributed by atoms with van der Waals surface area (Å²) in [5.74, 6) is 0.225. The Hall–Kier alpha value is -2.29. The summed E-state index contributed by atoms with van der Waals surface area (Å²) in [6, 6.07) is 16.9. The molecule has 1 heterocycles. The number of nitrogens with zero attached hydrogens (tertiary/aromatic N) is 1. The Morgan fingerprint density at radius 1 is 1.04 bits per heavy atom. The monoisotopic (exact) mass is 322 g/mol. The van der Waals surface area contributed by atoms with Gasteiger partial charge in [-0.05, 0) is 54.7 Å². The molecule has 0 atom stereocenters. The van der Waals surface area contributed by atoms with Gasteiger partial charge >= 0.3 is 0 Å². The molecule has 24 heavy (non-hydrogen) atoms. The number of hydrogen-bond acceptors (Lipinski definition) is 2. The van der Waals surface area contributed by atoms with Crippen molar-refractivity contribution in [1.82, 2.24) is 0 Å². The minimum absolute atomic E-state index is 0.100. The molecule has 0 aromatic heterocycles. The number of amides is 1. The molecule has 0 fully saturated rings. The summed E-state index contributed by atoms with van der Waals surface area (Å²) in [4.78, 5) is 14.6. The zero-order valence-electron chi connectivity index (χ0n) is 14.6. The number of nitrogens with one attached hydrogen (secondary N) is 1. The van der Waals surface area contributed by atoms with Gasteiger partial charge < -0.3 is 10.2 Å². The van der Waals surface area contributed by atoms with Gasteiger partial charge in [-0.25, -0.2) is 0 Å². The molecule has 1 aliphatic heterocycles. The normalized spacial score (nSPS) is 13.7. The van der Waals surface area contributed by atoms with Crippen molar-refractivity contribution in [2.75, 3.05) is 16.8 Å². The van der Waals surface area contributed by atoms with Crippen molar-refractivity contribution in [3.8, 4) is 0 Å². The van der Waals surface area contributed by atoms with Gasteiger partial charge in [0.1, 0.15) is 0 Å². The smallest absolute Gasteiger partial charge is 0.227 e. The van der Waals surface area contributed by atoms with Crippen LogP contribution in [0.25, 0.3) is 0 Å². The van der Waals surface area contributed by atoms with Crippen LogP contribution >= 0.6 is 0 Å². The Morgan fingerprint density at radius 2 is 1.71 bits per heavy atom. The molecule has 126 valence electrons. The molecular formula is C21H26N2O. The van der Waals surface area contributed by atoms with Gasteiger partial charge in [0.15, 0.2) is 0 Å². The van der Waals surface area contributed by atoms with E-state index in [0.717, 1.165) is 38.0 Å². The highest BCUT2D eigenvalue weighted by atomic mass is 16.1. The second kappa shape index (κ2) is 7.52. The van der Waals surface area contributed by atoms with E-state index in [9.17, 15) is 4.79 Å². The molecule has 0 bridgehead atoms. The molecule has 2 aromatic carbocycles. The number of rotatable bonds is 5. The van der Waals surface area contributed by atoms with Gasteiger partial charge in [-0.2, -0.15) is 0 Å². The number of benzene rings is 2. The molecule has 3 rings (SSSR count). The van der Waals surface area contributed by atoms with Gasteiger partial charge in [0.2, 0.25) is 5.91 Å². The van der Waals surface area contributed by atoms with Crippen molar-refractivity contribution in [3.05, 3.63) is 59.7 Å². The fourth-order valence-electron chi connectivity index (χ4n) is 3.38. The molecule has 1 aliphatic rings. The van der Waals surface area contributed by atoms with Gasteiger partial charge in [-0.3, -0.25) is 4.79 Å². The summed E-state index contributed by atoms with van der Waals surface area (Å²) >= 11 is 0. The fourth-order valence-corrected chi connectivity index (χ4v) is 3.38. The van der Waals surface area contributed by atoms with Crippen LogP contribution in [0.3, 0.4) is 0 Å². The molecule has 0 unspecified atom stereocenters. The van der Waals surface area contributed by atoms with Crippen LogP contribution in [0.1, 0.15) is 37.8 Å². The minimum Gasteiger partial charge on any atom is -0.367 e. The summed E-state index contributed by atoms with van der Waals surface area (Å²) in [5.41, 5.74) is 4.97. The van der Waals surface area contributed by atoms with Crippen LogP contribution in [-0.4, -0.2) is 12.5 Å². The van der Waals surface area contributed by atoms with Gasteiger partial charge in [0.25, 0.3) is 0 Å². The van der Waals surface area contributed by atoms with Crippen LogP contribution in [0.5, 0.6) is 0 Å². The van der Waals surface area contributed by atoms with E-state index >= 15 is 0 Å². The van der Waals surface area contributed by atoms with E-state index in [1.165, 1.54) is 16.8 Å². The maximum Gasteiger partial charge on any atom is 0.227 e. The first kappa shape index (κ1) is 16.6. The summed E-state index contributed by atoms with van der Waals surface area (Å²) in [6.07, 6.45) is 2.85. The molecule has 3 nitrogen and oxygen atoms in total. The van der Waals surface area contributed by atoms with E-state index in [1.807, 2.05) is 12.1 Å². The Labute approximate surface area is 144 Å². The van der Waals surface area contributed by atoms with Crippen LogP contribution < -0.4 is 10.2 Å². The highest BCUT2D eigenvalue weighted by Gasteiger charge is 2.17. The average molecular weight is 322 g/mol. The number of fused-ring (bicyclic) bond motifs is 1. The molecule has 1 amide bonds. The van der Waals surface area contributed by atoms with Crippen LogP contribution in [0.15, 0.2) is 48.5 Å². The van der Waals surface area contributed by atoms with E-state index < -0.39 is 0 Å². The summed E-state index contributed by atoms with van der Waals surface area (Å²) in [7, 11) is 0. The third-order valence-corrected chi connectivity index (χ3v) is 4.99. The topological polar surface area (TPSA) is 32.3 Å². The standard InChI is InChI=1S/C21H26N2O/c1-3-16(4-2)21(24)22-19-9-11-20(12-10-19)23-14-13-17-7-5-6-8-18(17)15-23/h5-12,16H,3-4,13-15H2,1-2H3,(H,22,24). The molecule has 3 heteroatoms. The highest BCUT2D eigenvalue weighted by molar-refractivity contribution is 5.92. The lowest BCUT2D eigenvalue weighted by molar-refractivity contribution is -0.120. The van der Waals surface area contributed by atoms with Gasteiger partial charge in [-0.15, -0.1) is 0 Å². The van der Waals surface area contributed by atoms with E-state index in [2.05, 4.69) is 60.5 Å². The van der Waals surface area contributed by atoms with Crippen LogP contribution in [-0.2, 0) is 17.8 Å². The molecule has 0 radical (unpaired) electrons. The average Bonchev–Trinajstić information content (AvgIpc) is 2.63. The van der Waals surface area contributed by atoms with Crippen molar-refractivity contribution in [3.63, 3.8) is 0 Å². The Bertz CT molecular complexity index is 689. The van der Waals surface area contributed by atoms with E-state index in [0.29, 0.717) is 0 Å². The van der Waals surface area contributed by atoms with E-state index in [-0.39, 0.29) is 11.8 Å². The lowest BCUT2D eigenvalue weighted by atomic mass is 9.99. The number of carbonyl (C=O) groups is 1. The zero-order chi connectivity index (χ0) is 16.9. The predicted octanol–water partition coefficient (Wildman–Crippen LogP) is 4.62. The Morgan fingerprint density at radius 3 is 2.38 bits per heavy atom. The Balaban J connectivity index is 1.66. The molecular weight excluding hydrogens is 296 g/mol. The maximum absolute atomic E-state index is 12.2. The SMILES string of the molecule is CCC(CC)C(=O)Nc1ccc(N2CCc3ccccc3C2)cc1. The van der Waals surface area contributed by atoms with Crippen molar-refractivity contribution < 1.29 is 4.79 Å². The quantitative estimate of drug-likeness (QED) is 0.871. The predicted molar refractivity (Wildman–Crippen MR) is 100 cm³/mol. The molecule has 1 N–H and O–H groups in total. The third kappa shape index (κ3) is 3.61. The summed E-state index contributed by atoms with van der Waals surface area (Å²) in [6.45, 7) is 6.11. The second-order valence-corrected chi connectivity index (χ2v) is 6.49. The first-order chi connectivity index (χ1) is 11.7. The highest BCUT2D eigenvalue weighted by Crippen LogP contribution is 2.25. The van der Waals surface area contributed by atoms with Crippen LogP contribution in [0.2, 0.25) is 0 Å². The van der Waals surface area contributed by atoms with E-state index in [4.69, 9.17) is 0 Å². The summed E-state index contributed by atoms with van der Waals surface area (Å²) < 4.78 is 0. The molecule has 0 saturated heterocycles. The second-order valence-electron chi connectivity index (χ2n) is 6.49. The first-order valence-corrected chi connectivity index (χ1v) is 8.94. The lowest BCUT2D eigenvalue weighted by Crippen LogP contribution is -2.30. The van der Waals surface area contributed by atoms with Crippen molar-refractivity contribution in [2.45, 2.75) is 39.7 Å². The third-order valence-electron chi connectivity index (χ3n) is 4.99. The molecule has 0 saturated carbocycles. The van der Waals surface area contributed by atoms with Gasteiger partial charge in [0.05, 0.1) is 0 Å². The van der Waals surface area contributed by atoms with Gasteiger partial charge in [-0.1, -0.05) is 38.1 Å². The van der Waals surface area contributed by atoms with Crippen molar-refractivity contribution >= 4 is 17.3 Å². The maximum atomic E-state index is 12.2. The van der Waals surface area contributed by atoms with Crippen molar-refractivity contribution in [2.24, 2.45) is 5.92 Å². The number of carbonyl (C=O) groups excluding carboxylic acids is 1. The number of hydrogen-bond donors (Lipinski definition) is 1. The summed E-state index contributed by atoms with van der Waals surface area (Å²) in [5, 5.41) is 3.03. The molecule has 2 aromatic rings. The number of anilines is 2. The fraction of sp³-hybridized carbons (Fsp3) is 0.381. The van der Waals surface area contributed by atoms with Crippen molar-refractivity contribution in [1.29, 1.82) is 0 Å². The first-order valence-electron chi connectivity index (χ1n) is 8.94. The largest absolute Gasteiger partial charge is 0.367 e.